The summed E-state index contributed by atoms with van der Waals surface area (Å²) in [5.74, 6) is 0.202. The van der Waals surface area contributed by atoms with E-state index in [-0.39, 0.29) is 11.9 Å². The van der Waals surface area contributed by atoms with Crippen LogP contribution in [0.15, 0.2) is 67.1 Å². The molecule has 0 aliphatic carbocycles. The van der Waals surface area contributed by atoms with E-state index in [1.807, 2.05) is 30.1 Å². The molecule has 1 atom stereocenters. The molecule has 1 unspecified atom stereocenters. The lowest BCUT2D eigenvalue weighted by Gasteiger charge is -2.40. The zero-order valence-electron chi connectivity index (χ0n) is 17.2. The summed E-state index contributed by atoms with van der Waals surface area (Å²) in [6.07, 6.45) is 5.88. The SMILES string of the molecule is CCCC(c1ccccc1)N1CCN(c2ccc(-n3cnc(C)c3)cc2)CC1=O. The van der Waals surface area contributed by atoms with Crippen molar-refractivity contribution in [3.63, 3.8) is 0 Å². The maximum absolute atomic E-state index is 13.0. The summed E-state index contributed by atoms with van der Waals surface area (Å²) in [5.41, 5.74) is 4.39. The van der Waals surface area contributed by atoms with Gasteiger partial charge >= 0.3 is 0 Å². The average molecular weight is 389 g/mol. The maximum Gasteiger partial charge on any atom is 0.242 e. The normalized spacial score (nSPS) is 15.6. The molecule has 0 bridgehead atoms. The Morgan fingerprint density at radius 3 is 2.34 bits per heavy atom. The van der Waals surface area contributed by atoms with E-state index in [2.05, 4.69) is 70.2 Å². The number of amides is 1. The Hall–Kier alpha value is -3.08. The Bertz CT molecular complexity index is 949. The first-order valence-corrected chi connectivity index (χ1v) is 10.4. The van der Waals surface area contributed by atoms with Gasteiger partial charge in [0.05, 0.1) is 24.6 Å². The third-order valence-electron chi connectivity index (χ3n) is 5.60. The molecular weight excluding hydrogens is 360 g/mol. The fourth-order valence-corrected chi connectivity index (χ4v) is 4.09. The van der Waals surface area contributed by atoms with Gasteiger partial charge in [-0.05, 0) is 43.2 Å². The number of carbonyl (C=O) groups excluding carboxylic acids is 1. The first-order chi connectivity index (χ1) is 14.2. The van der Waals surface area contributed by atoms with Crippen LogP contribution in [0.1, 0.15) is 37.1 Å². The van der Waals surface area contributed by atoms with Gasteiger partial charge < -0.3 is 14.4 Å². The molecule has 1 aliphatic rings. The Kier molecular flexibility index (Phi) is 5.65. The minimum absolute atomic E-state index is 0.169. The molecule has 1 saturated heterocycles. The van der Waals surface area contributed by atoms with Gasteiger partial charge in [0.15, 0.2) is 0 Å². The standard InChI is InChI=1S/C24H28N4O/c1-3-7-23(20-8-5-4-6-9-20)28-15-14-26(17-24(28)29)21-10-12-22(13-11-21)27-16-19(2)25-18-27/h4-6,8-13,16,18,23H,3,7,14-15,17H2,1-2H3. The first-order valence-electron chi connectivity index (χ1n) is 10.4. The third-order valence-corrected chi connectivity index (χ3v) is 5.60. The molecule has 3 aromatic rings. The quantitative estimate of drug-likeness (QED) is 0.630. The molecule has 0 spiro atoms. The van der Waals surface area contributed by atoms with E-state index in [9.17, 15) is 4.79 Å². The van der Waals surface area contributed by atoms with Crippen LogP contribution in [-0.4, -0.2) is 40.0 Å². The average Bonchev–Trinajstić information content (AvgIpc) is 3.19. The van der Waals surface area contributed by atoms with Crippen LogP contribution >= 0.6 is 0 Å². The number of rotatable bonds is 6. The van der Waals surface area contributed by atoms with Crippen molar-refractivity contribution in [3.05, 3.63) is 78.4 Å². The van der Waals surface area contributed by atoms with Crippen LogP contribution < -0.4 is 4.90 Å². The summed E-state index contributed by atoms with van der Waals surface area (Å²) < 4.78 is 2.01. The van der Waals surface area contributed by atoms with E-state index in [0.717, 1.165) is 43.0 Å². The number of aryl methyl sites for hydroxylation is 1. The molecule has 0 saturated carbocycles. The zero-order chi connectivity index (χ0) is 20.2. The molecular formula is C24H28N4O. The lowest BCUT2D eigenvalue weighted by atomic mass is 9.99. The molecule has 5 nitrogen and oxygen atoms in total. The van der Waals surface area contributed by atoms with E-state index in [4.69, 9.17) is 0 Å². The summed E-state index contributed by atoms with van der Waals surface area (Å²) in [4.78, 5) is 21.6. The fraction of sp³-hybridized carbons (Fsp3) is 0.333. The lowest BCUT2D eigenvalue weighted by Crippen LogP contribution is -2.51. The fourth-order valence-electron chi connectivity index (χ4n) is 4.09. The van der Waals surface area contributed by atoms with Gasteiger partial charge in [-0.1, -0.05) is 43.7 Å². The van der Waals surface area contributed by atoms with Gasteiger partial charge in [-0.3, -0.25) is 4.79 Å². The van der Waals surface area contributed by atoms with Crippen LogP contribution in [0.3, 0.4) is 0 Å². The molecule has 1 aromatic heterocycles. The summed E-state index contributed by atoms with van der Waals surface area (Å²) in [7, 11) is 0. The highest BCUT2D eigenvalue weighted by Crippen LogP contribution is 2.29. The number of nitrogens with zero attached hydrogens (tertiary/aromatic N) is 4. The van der Waals surface area contributed by atoms with Gasteiger partial charge in [0.25, 0.3) is 0 Å². The van der Waals surface area contributed by atoms with Crippen molar-refractivity contribution in [2.45, 2.75) is 32.7 Å². The van der Waals surface area contributed by atoms with Crippen LogP contribution in [0.25, 0.3) is 5.69 Å². The smallest absolute Gasteiger partial charge is 0.242 e. The zero-order valence-corrected chi connectivity index (χ0v) is 17.2. The summed E-state index contributed by atoms with van der Waals surface area (Å²) in [6, 6.07) is 18.9. The van der Waals surface area contributed by atoms with E-state index in [1.54, 1.807) is 0 Å². The van der Waals surface area contributed by atoms with Crippen molar-refractivity contribution in [1.29, 1.82) is 0 Å². The molecule has 150 valence electrons. The maximum atomic E-state index is 13.0. The number of piperazine rings is 1. The summed E-state index contributed by atoms with van der Waals surface area (Å²) >= 11 is 0. The summed E-state index contributed by atoms with van der Waals surface area (Å²) in [6.45, 7) is 6.19. The van der Waals surface area contributed by atoms with E-state index in [1.165, 1.54) is 5.56 Å². The number of benzene rings is 2. The van der Waals surface area contributed by atoms with Crippen molar-refractivity contribution in [2.24, 2.45) is 0 Å². The number of hydrogen-bond acceptors (Lipinski definition) is 3. The van der Waals surface area contributed by atoms with E-state index < -0.39 is 0 Å². The van der Waals surface area contributed by atoms with Gasteiger partial charge in [0.2, 0.25) is 5.91 Å². The molecule has 29 heavy (non-hydrogen) atoms. The topological polar surface area (TPSA) is 41.4 Å². The summed E-state index contributed by atoms with van der Waals surface area (Å²) in [5, 5.41) is 0. The van der Waals surface area contributed by atoms with Crippen molar-refractivity contribution in [1.82, 2.24) is 14.5 Å². The predicted octanol–water partition coefficient (Wildman–Crippen LogP) is 4.37. The second kappa shape index (κ2) is 8.52. The van der Waals surface area contributed by atoms with Crippen LogP contribution in [-0.2, 0) is 4.79 Å². The van der Waals surface area contributed by atoms with Crippen molar-refractivity contribution in [2.75, 3.05) is 24.5 Å². The van der Waals surface area contributed by atoms with E-state index in [0.29, 0.717) is 6.54 Å². The second-order valence-corrected chi connectivity index (χ2v) is 7.66. The molecule has 1 aliphatic heterocycles. The molecule has 0 N–H and O–H groups in total. The number of anilines is 1. The molecule has 1 fully saturated rings. The van der Waals surface area contributed by atoms with Crippen molar-refractivity contribution in [3.8, 4) is 5.69 Å². The minimum atomic E-state index is 0.169. The second-order valence-electron chi connectivity index (χ2n) is 7.66. The van der Waals surface area contributed by atoms with Crippen LogP contribution in [0, 0.1) is 6.92 Å². The highest BCUT2D eigenvalue weighted by molar-refractivity contribution is 5.83. The van der Waals surface area contributed by atoms with Crippen LogP contribution in [0.4, 0.5) is 5.69 Å². The van der Waals surface area contributed by atoms with Gasteiger partial charge in [0.1, 0.15) is 0 Å². The Balaban J connectivity index is 1.46. The first kappa shape index (κ1) is 19.2. The molecule has 0 radical (unpaired) electrons. The number of carbonyl (C=O) groups is 1. The third kappa shape index (κ3) is 4.19. The largest absolute Gasteiger partial charge is 0.360 e. The van der Waals surface area contributed by atoms with Crippen molar-refractivity contribution >= 4 is 11.6 Å². The highest BCUT2D eigenvalue weighted by Gasteiger charge is 2.30. The monoisotopic (exact) mass is 388 g/mol. The molecule has 5 heteroatoms. The molecule has 2 aromatic carbocycles. The van der Waals surface area contributed by atoms with Crippen molar-refractivity contribution < 1.29 is 4.79 Å². The van der Waals surface area contributed by atoms with Gasteiger partial charge in [0, 0.05) is 30.7 Å². The minimum Gasteiger partial charge on any atom is -0.360 e. The van der Waals surface area contributed by atoms with Gasteiger partial charge in [-0.15, -0.1) is 0 Å². The number of aromatic nitrogens is 2. The van der Waals surface area contributed by atoms with Crippen LogP contribution in [0.2, 0.25) is 0 Å². The predicted molar refractivity (Wildman–Crippen MR) is 116 cm³/mol. The molecule has 4 rings (SSSR count). The molecule has 1 amide bonds. The van der Waals surface area contributed by atoms with E-state index >= 15 is 0 Å². The van der Waals surface area contributed by atoms with Gasteiger partial charge in [-0.25, -0.2) is 4.98 Å². The Labute approximate surface area is 172 Å². The highest BCUT2D eigenvalue weighted by atomic mass is 16.2. The number of imidazole rings is 1. The van der Waals surface area contributed by atoms with Gasteiger partial charge in [-0.2, -0.15) is 0 Å². The number of hydrogen-bond donors (Lipinski definition) is 0. The van der Waals surface area contributed by atoms with Crippen LogP contribution in [0.5, 0.6) is 0 Å². The lowest BCUT2D eigenvalue weighted by molar-refractivity contribution is -0.133. The Morgan fingerprint density at radius 2 is 1.72 bits per heavy atom. The Morgan fingerprint density at radius 1 is 1.00 bits per heavy atom. The molecule has 2 heterocycles.